The summed E-state index contributed by atoms with van der Waals surface area (Å²) >= 11 is 0. The van der Waals surface area contributed by atoms with Gasteiger partial charge in [0.15, 0.2) is 0 Å². The van der Waals surface area contributed by atoms with E-state index in [-0.39, 0.29) is 0 Å². The molecule has 0 bridgehead atoms. The summed E-state index contributed by atoms with van der Waals surface area (Å²) in [5.41, 5.74) is 0. The molecule has 1 nitrogen and oxygen atoms in total. The van der Waals surface area contributed by atoms with Crippen LogP contribution in [-0.2, 0) is 0 Å². The SMILES string of the molecule is CCC/C=C\CCCCCCCCC(CCCCCCCC/C=C\CCC)N(C)C. The van der Waals surface area contributed by atoms with Crippen molar-refractivity contribution in [3.05, 3.63) is 24.3 Å². The van der Waals surface area contributed by atoms with E-state index in [2.05, 4.69) is 57.1 Å². The van der Waals surface area contributed by atoms with Crippen LogP contribution in [0.4, 0.5) is 0 Å². The molecule has 1 heteroatoms. The Morgan fingerprint density at radius 1 is 0.467 bits per heavy atom. The Bertz CT molecular complexity index is 337. The lowest BCUT2D eigenvalue weighted by Crippen LogP contribution is -2.27. The molecule has 0 aliphatic heterocycles. The van der Waals surface area contributed by atoms with Gasteiger partial charge in [-0.3, -0.25) is 0 Å². The first kappa shape index (κ1) is 29.4. The Labute approximate surface area is 191 Å². The fourth-order valence-electron chi connectivity index (χ4n) is 4.16. The molecule has 0 aromatic carbocycles. The van der Waals surface area contributed by atoms with Gasteiger partial charge in [-0.1, -0.05) is 115 Å². The average molecular weight is 420 g/mol. The second kappa shape index (κ2) is 24.7. The van der Waals surface area contributed by atoms with Crippen LogP contribution in [0, 0.1) is 0 Å². The number of nitrogens with zero attached hydrogens (tertiary/aromatic N) is 1. The number of hydrogen-bond donors (Lipinski definition) is 0. The zero-order valence-corrected chi connectivity index (χ0v) is 21.5. The van der Waals surface area contributed by atoms with Crippen molar-refractivity contribution in [2.24, 2.45) is 0 Å². The second-order valence-corrected chi connectivity index (χ2v) is 9.53. The van der Waals surface area contributed by atoms with E-state index in [1.807, 2.05) is 0 Å². The third kappa shape index (κ3) is 22.1. The summed E-state index contributed by atoms with van der Waals surface area (Å²) in [5, 5.41) is 0. The van der Waals surface area contributed by atoms with Crippen LogP contribution in [0.1, 0.15) is 142 Å². The highest BCUT2D eigenvalue weighted by Crippen LogP contribution is 2.17. The Hall–Kier alpha value is -0.560. The number of hydrogen-bond acceptors (Lipinski definition) is 1. The summed E-state index contributed by atoms with van der Waals surface area (Å²) < 4.78 is 0. The summed E-state index contributed by atoms with van der Waals surface area (Å²) in [6, 6.07) is 0.803. The van der Waals surface area contributed by atoms with Crippen molar-refractivity contribution in [2.75, 3.05) is 14.1 Å². The minimum atomic E-state index is 0.803. The van der Waals surface area contributed by atoms with Gasteiger partial charge in [0.25, 0.3) is 0 Å². The minimum absolute atomic E-state index is 0.803. The van der Waals surface area contributed by atoms with Gasteiger partial charge in [0.1, 0.15) is 0 Å². The molecule has 0 rings (SSSR count). The van der Waals surface area contributed by atoms with E-state index >= 15 is 0 Å². The Morgan fingerprint density at radius 3 is 1.17 bits per heavy atom. The van der Waals surface area contributed by atoms with Gasteiger partial charge in [-0.2, -0.15) is 0 Å². The van der Waals surface area contributed by atoms with Crippen LogP contribution < -0.4 is 0 Å². The summed E-state index contributed by atoms with van der Waals surface area (Å²) in [4.78, 5) is 2.48. The largest absolute Gasteiger partial charge is 0.306 e. The maximum atomic E-state index is 2.48. The normalized spacial score (nSPS) is 12.3. The van der Waals surface area contributed by atoms with E-state index in [1.165, 1.54) is 128 Å². The molecule has 0 aliphatic carbocycles. The lowest BCUT2D eigenvalue weighted by molar-refractivity contribution is 0.251. The molecule has 0 spiro atoms. The zero-order valence-electron chi connectivity index (χ0n) is 21.5. The minimum Gasteiger partial charge on any atom is -0.306 e. The van der Waals surface area contributed by atoms with Crippen molar-refractivity contribution >= 4 is 0 Å². The van der Waals surface area contributed by atoms with Crippen LogP contribution in [0.2, 0.25) is 0 Å². The molecule has 0 fully saturated rings. The van der Waals surface area contributed by atoms with Gasteiger partial charge in [0.05, 0.1) is 0 Å². The van der Waals surface area contributed by atoms with Crippen LogP contribution in [0.5, 0.6) is 0 Å². The summed E-state index contributed by atoms with van der Waals surface area (Å²) in [7, 11) is 4.56. The molecular weight excluding hydrogens is 362 g/mol. The highest BCUT2D eigenvalue weighted by molar-refractivity contribution is 4.81. The van der Waals surface area contributed by atoms with E-state index in [1.54, 1.807) is 0 Å². The van der Waals surface area contributed by atoms with E-state index in [4.69, 9.17) is 0 Å². The standard InChI is InChI=1S/C29H57N/c1-5-7-9-11-13-15-17-19-21-23-25-27-29(30(3)4)28-26-24-22-20-18-16-14-12-10-8-6-2/h9-12,29H,5-8,13-28H2,1-4H3/b11-9-,12-10-. The molecule has 0 saturated carbocycles. The number of rotatable bonds is 23. The van der Waals surface area contributed by atoms with Gasteiger partial charge < -0.3 is 4.90 Å². The molecule has 0 amide bonds. The predicted octanol–water partition coefficient (Wildman–Crippen LogP) is 9.87. The van der Waals surface area contributed by atoms with Gasteiger partial charge in [0, 0.05) is 6.04 Å². The summed E-state index contributed by atoms with van der Waals surface area (Å²) in [6.07, 6.45) is 37.0. The molecule has 30 heavy (non-hydrogen) atoms. The second-order valence-electron chi connectivity index (χ2n) is 9.53. The van der Waals surface area contributed by atoms with Crippen LogP contribution in [-0.4, -0.2) is 25.0 Å². The van der Waals surface area contributed by atoms with Crippen LogP contribution in [0.25, 0.3) is 0 Å². The average Bonchev–Trinajstić information content (AvgIpc) is 2.74. The first-order valence-electron chi connectivity index (χ1n) is 13.7. The van der Waals surface area contributed by atoms with Crippen molar-refractivity contribution in [1.82, 2.24) is 4.90 Å². The Balaban J connectivity index is 3.50. The van der Waals surface area contributed by atoms with Crippen LogP contribution >= 0.6 is 0 Å². The molecule has 0 atom stereocenters. The molecule has 0 N–H and O–H groups in total. The molecule has 0 unspecified atom stereocenters. The van der Waals surface area contributed by atoms with E-state index < -0.39 is 0 Å². The predicted molar refractivity (Wildman–Crippen MR) is 139 cm³/mol. The van der Waals surface area contributed by atoms with Crippen molar-refractivity contribution in [3.8, 4) is 0 Å². The molecule has 0 aromatic rings. The topological polar surface area (TPSA) is 3.24 Å². The van der Waals surface area contributed by atoms with E-state index in [0.29, 0.717) is 0 Å². The van der Waals surface area contributed by atoms with Gasteiger partial charge in [-0.15, -0.1) is 0 Å². The van der Waals surface area contributed by atoms with Gasteiger partial charge in [-0.05, 0) is 65.5 Å². The highest BCUT2D eigenvalue weighted by atomic mass is 15.1. The summed E-state index contributed by atoms with van der Waals surface area (Å²) in [6.45, 7) is 4.50. The van der Waals surface area contributed by atoms with Crippen molar-refractivity contribution < 1.29 is 0 Å². The molecule has 0 saturated heterocycles. The first-order chi connectivity index (χ1) is 14.7. The van der Waals surface area contributed by atoms with Gasteiger partial charge in [-0.25, -0.2) is 0 Å². The smallest absolute Gasteiger partial charge is 0.00891 e. The quantitative estimate of drug-likeness (QED) is 0.118. The van der Waals surface area contributed by atoms with Crippen LogP contribution in [0.3, 0.4) is 0 Å². The van der Waals surface area contributed by atoms with E-state index in [9.17, 15) is 0 Å². The molecule has 178 valence electrons. The Morgan fingerprint density at radius 2 is 0.800 bits per heavy atom. The van der Waals surface area contributed by atoms with Crippen molar-refractivity contribution in [1.29, 1.82) is 0 Å². The zero-order chi connectivity index (χ0) is 22.1. The number of allylic oxidation sites excluding steroid dienone is 4. The Kier molecular flexibility index (Phi) is 24.2. The fourth-order valence-corrected chi connectivity index (χ4v) is 4.16. The molecule has 0 radical (unpaired) electrons. The molecule has 0 heterocycles. The first-order valence-corrected chi connectivity index (χ1v) is 13.7. The van der Waals surface area contributed by atoms with Gasteiger partial charge in [0.2, 0.25) is 0 Å². The monoisotopic (exact) mass is 419 g/mol. The van der Waals surface area contributed by atoms with E-state index in [0.717, 1.165) is 6.04 Å². The maximum absolute atomic E-state index is 2.48. The highest BCUT2D eigenvalue weighted by Gasteiger charge is 2.10. The van der Waals surface area contributed by atoms with Crippen LogP contribution in [0.15, 0.2) is 24.3 Å². The molecule has 0 aliphatic rings. The number of unbranched alkanes of at least 4 members (excludes halogenated alkanes) is 14. The lowest BCUT2D eigenvalue weighted by Gasteiger charge is -2.24. The third-order valence-electron chi connectivity index (χ3n) is 6.29. The third-order valence-corrected chi connectivity index (χ3v) is 6.29. The maximum Gasteiger partial charge on any atom is 0.00891 e. The molecular formula is C29H57N. The fraction of sp³-hybridized carbons (Fsp3) is 0.862. The van der Waals surface area contributed by atoms with Crippen molar-refractivity contribution in [2.45, 2.75) is 148 Å². The molecule has 0 aromatic heterocycles. The summed E-state index contributed by atoms with van der Waals surface area (Å²) in [5.74, 6) is 0. The van der Waals surface area contributed by atoms with Gasteiger partial charge >= 0.3 is 0 Å². The lowest BCUT2D eigenvalue weighted by atomic mass is 9.99. The van der Waals surface area contributed by atoms with Crippen molar-refractivity contribution in [3.63, 3.8) is 0 Å².